The van der Waals surface area contributed by atoms with Gasteiger partial charge in [0.25, 0.3) is 0 Å². The molecule has 0 aliphatic heterocycles. The summed E-state index contributed by atoms with van der Waals surface area (Å²) in [5.74, 6) is -0.174. The average molecular weight is 218 g/mol. The Hall–Kier alpha value is -1.35. The maximum Gasteiger partial charge on any atom is 0.147 e. The van der Waals surface area contributed by atoms with Crippen molar-refractivity contribution in [3.05, 3.63) is 35.8 Å². The van der Waals surface area contributed by atoms with Crippen LogP contribution in [0.15, 0.2) is 24.4 Å². The summed E-state index contributed by atoms with van der Waals surface area (Å²) in [7, 11) is 0. The molecule has 1 saturated carbocycles. The smallest absolute Gasteiger partial charge is 0.147 e. The normalized spacial score (nSPS) is 16.6. The van der Waals surface area contributed by atoms with E-state index < -0.39 is 0 Å². The van der Waals surface area contributed by atoms with Crippen LogP contribution in [0.4, 0.5) is 4.39 Å². The summed E-state index contributed by atoms with van der Waals surface area (Å²) < 4.78 is 13.4. The molecule has 2 N–H and O–H groups in total. The molecule has 0 atom stereocenters. The monoisotopic (exact) mass is 218 g/mol. The third-order valence-corrected chi connectivity index (χ3v) is 3.44. The predicted octanol–water partition coefficient (Wildman–Crippen LogP) is 2.95. The molecule has 1 heterocycles. The van der Waals surface area contributed by atoms with Crippen LogP contribution in [0.5, 0.6) is 0 Å². The van der Waals surface area contributed by atoms with Crippen molar-refractivity contribution in [2.75, 3.05) is 0 Å². The fourth-order valence-electron chi connectivity index (χ4n) is 2.19. The van der Waals surface area contributed by atoms with Crippen LogP contribution in [0.1, 0.15) is 24.8 Å². The van der Waals surface area contributed by atoms with Gasteiger partial charge in [-0.25, -0.2) is 4.39 Å². The van der Waals surface area contributed by atoms with Gasteiger partial charge < -0.3 is 10.3 Å². The first kappa shape index (κ1) is 9.85. The van der Waals surface area contributed by atoms with Crippen molar-refractivity contribution >= 4 is 10.9 Å². The van der Waals surface area contributed by atoms with Crippen LogP contribution in [0.3, 0.4) is 0 Å². The van der Waals surface area contributed by atoms with Crippen LogP contribution in [0, 0.1) is 5.82 Å². The first-order chi connectivity index (χ1) is 7.84. The number of nitrogens with one attached hydrogen (secondary N) is 2. The van der Waals surface area contributed by atoms with Crippen LogP contribution >= 0.6 is 0 Å². The fourth-order valence-corrected chi connectivity index (χ4v) is 2.19. The number of para-hydroxylation sites is 1. The number of aromatic nitrogens is 1. The second-order valence-electron chi connectivity index (χ2n) is 4.49. The van der Waals surface area contributed by atoms with Gasteiger partial charge in [0, 0.05) is 24.2 Å². The highest BCUT2D eigenvalue weighted by atomic mass is 19.1. The van der Waals surface area contributed by atoms with E-state index in [4.69, 9.17) is 0 Å². The maximum atomic E-state index is 13.4. The van der Waals surface area contributed by atoms with Gasteiger partial charge in [-0.3, -0.25) is 0 Å². The van der Waals surface area contributed by atoms with Gasteiger partial charge in [0.15, 0.2) is 0 Å². The van der Waals surface area contributed by atoms with E-state index >= 15 is 0 Å². The van der Waals surface area contributed by atoms with Crippen molar-refractivity contribution < 1.29 is 4.39 Å². The molecule has 2 aromatic rings. The Labute approximate surface area is 93.9 Å². The molecule has 0 radical (unpaired) electrons. The van der Waals surface area contributed by atoms with E-state index in [0.717, 1.165) is 17.5 Å². The molecule has 0 saturated heterocycles. The lowest BCUT2D eigenvalue weighted by Crippen LogP contribution is -2.34. The van der Waals surface area contributed by atoms with Crippen LogP contribution in [0.2, 0.25) is 0 Å². The number of aromatic amines is 1. The van der Waals surface area contributed by atoms with Gasteiger partial charge in [0.1, 0.15) is 5.82 Å². The third kappa shape index (κ3) is 1.61. The lowest BCUT2D eigenvalue weighted by Gasteiger charge is -2.26. The zero-order valence-corrected chi connectivity index (χ0v) is 9.09. The zero-order chi connectivity index (χ0) is 11.0. The molecular formula is C13H15FN2. The number of hydrogen-bond acceptors (Lipinski definition) is 1. The highest BCUT2D eigenvalue weighted by molar-refractivity contribution is 5.83. The number of H-pyrrole nitrogens is 1. The number of benzene rings is 1. The summed E-state index contributed by atoms with van der Waals surface area (Å²) in [6, 6.07) is 5.88. The quantitative estimate of drug-likeness (QED) is 0.814. The highest BCUT2D eigenvalue weighted by Crippen LogP contribution is 2.22. The standard InChI is InChI=1S/C13H15FN2/c14-12-6-2-5-11-9(8-16-13(11)12)7-15-10-3-1-4-10/h2,5-6,8,10,15-16H,1,3-4,7H2. The Morgan fingerprint density at radius 2 is 2.25 bits per heavy atom. The molecule has 0 bridgehead atoms. The summed E-state index contributed by atoms with van der Waals surface area (Å²) in [6.45, 7) is 0.827. The Kier molecular flexibility index (Phi) is 2.40. The van der Waals surface area contributed by atoms with Gasteiger partial charge in [-0.15, -0.1) is 0 Å². The molecule has 1 aromatic carbocycles. The van der Waals surface area contributed by atoms with E-state index in [-0.39, 0.29) is 5.82 Å². The molecular weight excluding hydrogens is 203 g/mol. The van der Waals surface area contributed by atoms with Crippen molar-refractivity contribution in [1.29, 1.82) is 0 Å². The van der Waals surface area contributed by atoms with Gasteiger partial charge in [-0.1, -0.05) is 18.6 Å². The molecule has 1 aromatic heterocycles. The molecule has 0 spiro atoms. The number of hydrogen-bond donors (Lipinski definition) is 2. The topological polar surface area (TPSA) is 27.8 Å². The van der Waals surface area contributed by atoms with E-state index in [1.807, 2.05) is 12.3 Å². The Balaban J connectivity index is 1.83. The lowest BCUT2D eigenvalue weighted by atomic mass is 9.93. The van der Waals surface area contributed by atoms with Gasteiger partial charge in [0.05, 0.1) is 5.52 Å². The summed E-state index contributed by atoms with van der Waals surface area (Å²) in [4.78, 5) is 3.00. The molecule has 3 rings (SSSR count). The Morgan fingerprint density at radius 3 is 3.00 bits per heavy atom. The Morgan fingerprint density at radius 1 is 1.38 bits per heavy atom. The number of rotatable bonds is 3. The SMILES string of the molecule is Fc1cccc2c(CNC3CCC3)c[nH]c12. The van der Waals surface area contributed by atoms with E-state index in [2.05, 4.69) is 10.3 Å². The second-order valence-corrected chi connectivity index (χ2v) is 4.49. The van der Waals surface area contributed by atoms with Gasteiger partial charge in [-0.2, -0.15) is 0 Å². The number of fused-ring (bicyclic) bond motifs is 1. The molecule has 0 unspecified atom stereocenters. The first-order valence-corrected chi connectivity index (χ1v) is 5.82. The third-order valence-electron chi connectivity index (χ3n) is 3.44. The number of halogens is 1. The van der Waals surface area contributed by atoms with E-state index in [9.17, 15) is 4.39 Å². The summed E-state index contributed by atoms with van der Waals surface area (Å²) in [6.07, 6.45) is 5.78. The Bertz CT molecular complexity index is 500. The maximum absolute atomic E-state index is 13.4. The van der Waals surface area contributed by atoms with E-state index in [1.165, 1.54) is 25.3 Å². The molecule has 3 heteroatoms. The van der Waals surface area contributed by atoms with Crippen molar-refractivity contribution in [3.63, 3.8) is 0 Å². The van der Waals surface area contributed by atoms with Gasteiger partial charge >= 0.3 is 0 Å². The molecule has 2 nitrogen and oxygen atoms in total. The summed E-state index contributed by atoms with van der Waals surface area (Å²) in [5.41, 5.74) is 1.77. The lowest BCUT2D eigenvalue weighted by molar-refractivity contribution is 0.338. The van der Waals surface area contributed by atoms with Crippen molar-refractivity contribution in [3.8, 4) is 0 Å². The molecule has 0 amide bonds. The van der Waals surface area contributed by atoms with Crippen LogP contribution in [-0.2, 0) is 6.54 Å². The highest BCUT2D eigenvalue weighted by Gasteiger charge is 2.17. The first-order valence-electron chi connectivity index (χ1n) is 5.82. The summed E-state index contributed by atoms with van der Waals surface area (Å²) >= 11 is 0. The zero-order valence-electron chi connectivity index (χ0n) is 9.09. The van der Waals surface area contributed by atoms with E-state index in [1.54, 1.807) is 6.07 Å². The van der Waals surface area contributed by atoms with Gasteiger partial charge in [0.2, 0.25) is 0 Å². The van der Waals surface area contributed by atoms with Gasteiger partial charge in [-0.05, 0) is 24.5 Å². The molecule has 1 fully saturated rings. The van der Waals surface area contributed by atoms with Crippen molar-refractivity contribution in [2.45, 2.75) is 31.8 Å². The van der Waals surface area contributed by atoms with Crippen LogP contribution < -0.4 is 5.32 Å². The molecule has 84 valence electrons. The minimum absolute atomic E-state index is 0.174. The molecule has 1 aliphatic carbocycles. The van der Waals surface area contributed by atoms with Crippen LogP contribution in [-0.4, -0.2) is 11.0 Å². The molecule has 1 aliphatic rings. The van der Waals surface area contributed by atoms with E-state index in [0.29, 0.717) is 11.6 Å². The average Bonchev–Trinajstić information content (AvgIpc) is 2.61. The second kappa shape index (κ2) is 3.91. The predicted molar refractivity (Wildman–Crippen MR) is 62.7 cm³/mol. The van der Waals surface area contributed by atoms with Crippen molar-refractivity contribution in [1.82, 2.24) is 10.3 Å². The van der Waals surface area contributed by atoms with Crippen LogP contribution in [0.25, 0.3) is 10.9 Å². The van der Waals surface area contributed by atoms with Crippen molar-refractivity contribution in [2.24, 2.45) is 0 Å². The molecule has 16 heavy (non-hydrogen) atoms. The minimum atomic E-state index is -0.174. The minimum Gasteiger partial charge on any atom is -0.358 e. The largest absolute Gasteiger partial charge is 0.358 e. The summed E-state index contributed by atoms with van der Waals surface area (Å²) in [5, 5.41) is 4.48. The fraction of sp³-hybridized carbons (Fsp3) is 0.385.